The van der Waals surface area contributed by atoms with Gasteiger partial charge in [0.15, 0.2) is 0 Å². The number of hydrogen-bond acceptors (Lipinski definition) is 3. The molecule has 2 atom stereocenters. The van der Waals surface area contributed by atoms with Crippen molar-refractivity contribution in [2.75, 3.05) is 13.2 Å². The third-order valence-corrected chi connectivity index (χ3v) is 4.95. The van der Waals surface area contributed by atoms with Crippen LogP contribution in [0, 0.1) is 5.92 Å². The summed E-state index contributed by atoms with van der Waals surface area (Å²) < 4.78 is 6.08. The van der Waals surface area contributed by atoms with Gasteiger partial charge in [0, 0.05) is 25.0 Å². The first-order chi connectivity index (χ1) is 9.83. The maximum Gasteiger partial charge on any atom is 0.0686 e. The number of pyridine rings is 1. The Morgan fingerprint density at radius 3 is 2.85 bits per heavy atom. The predicted molar refractivity (Wildman–Crippen MR) is 80.5 cm³/mol. The number of rotatable bonds is 5. The summed E-state index contributed by atoms with van der Waals surface area (Å²) in [6.45, 7) is 4.24. The molecule has 110 valence electrons. The summed E-state index contributed by atoms with van der Waals surface area (Å²) in [6, 6.07) is 4.78. The van der Waals surface area contributed by atoms with Crippen molar-refractivity contribution < 1.29 is 4.74 Å². The van der Waals surface area contributed by atoms with Crippen molar-refractivity contribution in [1.29, 1.82) is 0 Å². The van der Waals surface area contributed by atoms with Crippen LogP contribution in [0.5, 0.6) is 0 Å². The van der Waals surface area contributed by atoms with E-state index in [9.17, 15) is 0 Å². The number of hydrogen-bond donors (Lipinski definition) is 1. The Balaban J connectivity index is 1.74. The SMILES string of the molecule is CCCNC(c1ccncc1)C1CCOC2(CCC2)C1. The molecular weight excluding hydrogens is 248 g/mol. The van der Waals surface area contributed by atoms with Gasteiger partial charge in [0.25, 0.3) is 0 Å². The van der Waals surface area contributed by atoms with Gasteiger partial charge in [-0.15, -0.1) is 0 Å². The molecule has 2 aliphatic rings. The number of nitrogens with zero attached hydrogens (tertiary/aromatic N) is 1. The van der Waals surface area contributed by atoms with Crippen LogP contribution >= 0.6 is 0 Å². The van der Waals surface area contributed by atoms with Crippen LogP contribution in [0.1, 0.15) is 57.1 Å². The summed E-state index contributed by atoms with van der Waals surface area (Å²) in [5, 5.41) is 3.76. The summed E-state index contributed by atoms with van der Waals surface area (Å²) in [4.78, 5) is 4.16. The highest BCUT2D eigenvalue weighted by molar-refractivity contribution is 5.17. The van der Waals surface area contributed by atoms with Crippen molar-refractivity contribution in [3.63, 3.8) is 0 Å². The Labute approximate surface area is 122 Å². The van der Waals surface area contributed by atoms with Crippen LogP contribution in [0.2, 0.25) is 0 Å². The Morgan fingerprint density at radius 2 is 2.20 bits per heavy atom. The highest BCUT2D eigenvalue weighted by Gasteiger charge is 2.44. The zero-order chi connectivity index (χ0) is 13.8. The van der Waals surface area contributed by atoms with Gasteiger partial charge >= 0.3 is 0 Å². The summed E-state index contributed by atoms with van der Waals surface area (Å²) in [5.74, 6) is 0.693. The van der Waals surface area contributed by atoms with Crippen LogP contribution in [0.25, 0.3) is 0 Å². The van der Waals surface area contributed by atoms with E-state index in [1.54, 1.807) is 0 Å². The second kappa shape index (κ2) is 6.23. The molecule has 0 aromatic carbocycles. The second-order valence-corrected chi connectivity index (χ2v) is 6.35. The Kier molecular flexibility index (Phi) is 4.37. The van der Waals surface area contributed by atoms with E-state index >= 15 is 0 Å². The molecule has 1 aliphatic carbocycles. The topological polar surface area (TPSA) is 34.2 Å². The molecule has 3 heteroatoms. The third kappa shape index (κ3) is 2.89. The first kappa shape index (κ1) is 14.0. The summed E-state index contributed by atoms with van der Waals surface area (Å²) >= 11 is 0. The molecule has 1 aromatic rings. The van der Waals surface area contributed by atoms with Gasteiger partial charge in [-0.25, -0.2) is 0 Å². The molecule has 0 amide bonds. The molecule has 1 aliphatic heterocycles. The van der Waals surface area contributed by atoms with Gasteiger partial charge in [0.05, 0.1) is 5.60 Å². The molecule has 2 fully saturated rings. The van der Waals surface area contributed by atoms with Gasteiger partial charge in [-0.05, 0) is 68.7 Å². The van der Waals surface area contributed by atoms with Crippen LogP contribution in [0.4, 0.5) is 0 Å². The van der Waals surface area contributed by atoms with Gasteiger partial charge in [-0.1, -0.05) is 6.92 Å². The van der Waals surface area contributed by atoms with Crippen molar-refractivity contribution in [2.45, 2.75) is 57.1 Å². The fourth-order valence-corrected chi connectivity index (χ4v) is 3.70. The smallest absolute Gasteiger partial charge is 0.0686 e. The average molecular weight is 274 g/mol. The normalized spacial score (nSPS) is 26.1. The summed E-state index contributed by atoms with van der Waals surface area (Å²) in [7, 11) is 0. The van der Waals surface area contributed by atoms with E-state index < -0.39 is 0 Å². The van der Waals surface area contributed by atoms with Crippen LogP contribution in [0.15, 0.2) is 24.5 Å². The van der Waals surface area contributed by atoms with Crippen LogP contribution in [-0.4, -0.2) is 23.7 Å². The minimum absolute atomic E-state index is 0.224. The molecule has 1 N–H and O–H groups in total. The van der Waals surface area contributed by atoms with Gasteiger partial charge < -0.3 is 10.1 Å². The molecule has 1 spiro atoms. The minimum atomic E-state index is 0.224. The molecule has 2 heterocycles. The lowest BCUT2D eigenvalue weighted by atomic mass is 9.69. The van der Waals surface area contributed by atoms with Crippen LogP contribution in [-0.2, 0) is 4.74 Å². The van der Waals surface area contributed by atoms with E-state index in [-0.39, 0.29) is 5.60 Å². The second-order valence-electron chi connectivity index (χ2n) is 6.35. The molecule has 1 saturated carbocycles. The third-order valence-electron chi connectivity index (χ3n) is 4.95. The van der Waals surface area contributed by atoms with Crippen molar-refractivity contribution >= 4 is 0 Å². The largest absolute Gasteiger partial charge is 0.375 e. The zero-order valence-electron chi connectivity index (χ0n) is 12.5. The van der Waals surface area contributed by atoms with E-state index in [1.165, 1.54) is 44.1 Å². The van der Waals surface area contributed by atoms with Crippen molar-refractivity contribution in [3.05, 3.63) is 30.1 Å². The monoisotopic (exact) mass is 274 g/mol. The van der Waals surface area contributed by atoms with Gasteiger partial charge in [0.2, 0.25) is 0 Å². The van der Waals surface area contributed by atoms with Crippen molar-refractivity contribution in [2.24, 2.45) is 5.92 Å². The quantitative estimate of drug-likeness (QED) is 0.892. The van der Waals surface area contributed by atoms with Crippen LogP contribution in [0.3, 0.4) is 0 Å². The Morgan fingerprint density at radius 1 is 1.40 bits per heavy atom. The number of aromatic nitrogens is 1. The molecular formula is C17H26N2O. The first-order valence-corrected chi connectivity index (χ1v) is 8.10. The highest BCUT2D eigenvalue weighted by atomic mass is 16.5. The van der Waals surface area contributed by atoms with Gasteiger partial charge in [0.1, 0.15) is 0 Å². The summed E-state index contributed by atoms with van der Waals surface area (Å²) in [6.07, 6.45) is 11.3. The fourth-order valence-electron chi connectivity index (χ4n) is 3.70. The summed E-state index contributed by atoms with van der Waals surface area (Å²) in [5.41, 5.74) is 1.61. The minimum Gasteiger partial charge on any atom is -0.375 e. The maximum absolute atomic E-state index is 6.08. The van der Waals surface area contributed by atoms with Crippen molar-refractivity contribution in [3.8, 4) is 0 Å². The molecule has 2 unspecified atom stereocenters. The van der Waals surface area contributed by atoms with Gasteiger partial charge in [-0.3, -0.25) is 4.98 Å². The predicted octanol–water partition coefficient (Wildman–Crippen LogP) is 3.47. The molecule has 1 saturated heterocycles. The van der Waals surface area contributed by atoms with E-state index in [2.05, 4.69) is 29.4 Å². The molecule has 20 heavy (non-hydrogen) atoms. The zero-order valence-corrected chi connectivity index (χ0v) is 12.5. The number of ether oxygens (including phenoxy) is 1. The Bertz CT molecular complexity index is 416. The molecule has 0 bridgehead atoms. The Hall–Kier alpha value is -0.930. The molecule has 1 aromatic heterocycles. The lowest BCUT2D eigenvalue weighted by Crippen LogP contribution is -2.48. The fraction of sp³-hybridized carbons (Fsp3) is 0.706. The van der Waals surface area contributed by atoms with E-state index in [0.29, 0.717) is 12.0 Å². The molecule has 3 nitrogen and oxygen atoms in total. The molecule has 3 rings (SSSR count). The number of nitrogens with one attached hydrogen (secondary N) is 1. The lowest BCUT2D eigenvalue weighted by Gasteiger charge is -2.49. The van der Waals surface area contributed by atoms with Crippen molar-refractivity contribution in [1.82, 2.24) is 10.3 Å². The molecule has 0 radical (unpaired) electrons. The van der Waals surface area contributed by atoms with E-state index in [0.717, 1.165) is 13.2 Å². The first-order valence-electron chi connectivity index (χ1n) is 8.10. The maximum atomic E-state index is 6.08. The lowest BCUT2D eigenvalue weighted by molar-refractivity contribution is -0.147. The van der Waals surface area contributed by atoms with Gasteiger partial charge in [-0.2, -0.15) is 0 Å². The average Bonchev–Trinajstić information content (AvgIpc) is 2.47. The van der Waals surface area contributed by atoms with Crippen LogP contribution < -0.4 is 5.32 Å². The standard InChI is InChI=1S/C17H26N2O/c1-2-9-19-16(14-4-10-18-11-5-14)15-6-12-20-17(13-15)7-3-8-17/h4-5,10-11,15-16,19H,2-3,6-9,12-13H2,1H3. The van der Waals surface area contributed by atoms with E-state index in [1.807, 2.05) is 12.4 Å². The van der Waals surface area contributed by atoms with E-state index in [4.69, 9.17) is 4.74 Å². The highest BCUT2D eigenvalue weighted by Crippen LogP contribution is 2.47.